The molecule has 3 aromatic heterocycles. The fourth-order valence-electron chi connectivity index (χ4n) is 5.07. The van der Waals surface area contributed by atoms with Gasteiger partial charge in [0, 0.05) is 56.2 Å². The van der Waals surface area contributed by atoms with Crippen LogP contribution in [0.3, 0.4) is 0 Å². The minimum absolute atomic E-state index is 0.0841. The van der Waals surface area contributed by atoms with Crippen LogP contribution >= 0.6 is 0 Å². The normalized spacial score (nSPS) is 19.6. The van der Waals surface area contributed by atoms with E-state index in [-0.39, 0.29) is 11.7 Å². The molecular weight excluding hydrogens is 496 g/mol. The predicted molar refractivity (Wildman–Crippen MR) is 149 cm³/mol. The van der Waals surface area contributed by atoms with Gasteiger partial charge in [-0.05, 0) is 57.0 Å². The smallest absolute Gasteiger partial charge is 0.399 e. The van der Waals surface area contributed by atoms with Crippen molar-refractivity contribution < 1.29 is 13.7 Å². The number of hydrogen-bond acceptors (Lipinski definition) is 8. The number of fused-ring (bicyclic) bond motifs is 1. The van der Waals surface area contributed by atoms with Gasteiger partial charge in [0.25, 0.3) is 0 Å². The summed E-state index contributed by atoms with van der Waals surface area (Å²) in [5.41, 5.74) is 3.07. The van der Waals surface area contributed by atoms with Gasteiger partial charge in [-0.1, -0.05) is 19.1 Å². The molecule has 11 heteroatoms. The maximum Gasteiger partial charge on any atom is 0.496 e. The Morgan fingerprint density at radius 2 is 1.49 bits per heavy atom. The third-order valence-electron chi connectivity index (χ3n) is 8.32. The van der Waals surface area contributed by atoms with Crippen molar-refractivity contribution in [3.05, 3.63) is 72.2 Å². The minimum Gasteiger partial charge on any atom is -0.399 e. The summed E-state index contributed by atoms with van der Waals surface area (Å²) in [6.07, 6.45) is 7.29. The molecule has 1 unspecified atom stereocenters. The number of piperazine rings is 1. The molecule has 0 N–H and O–H groups in total. The average Bonchev–Trinajstić information content (AvgIpc) is 3.46. The molecule has 0 amide bonds. The average molecular weight is 529 g/mol. The van der Waals surface area contributed by atoms with Crippen molar-refractivity contribution in [2.45, 2.75) is 51.7 Å². The van der Waals surface area contributed by atoms with Crippen molar-refractivity contribution in [1.29, 1.82) is 0 Å². The van der Waals surface area contributed by atoms with Crippen LogP contribution in [0.25, 0.3) is 5.52 Å². The first-order valence-corrected chi connectivity index (χ1v) is 13.4. The lowest BCUT2D eigenvalue weighted by atomic mass is 9.81. The fourth-order valence-corrected chi connectivity index (χ4v) is 5.07. The van der Waals surface area contributed by atoms with Crippen molar-refractivity contribution in [3.8, 4) is 0 Å². The quantitative estimate of drug-likeness (QED) is 0.364. The van der Waals surface area contributed by atoms with E-state index in [2.05, 4.69) is 70.5 Å². The molecule has 0 saturated carbocycles. The Hall–Kier alpha value is -3.57. The molecule has 2 saturated heterocycles. The van der Waals surface area contributed by atoms with Crippen molar-refractivity contribution in [2.75, 3.05) is 36.0 Å². The topological polar surface area (TPSA) is 80.9 Å². The monoisotopic (exact) mass is 529 g/mol. The summed E-state index contributed by atoms with van der Waals surface area (Å²) < 4.78 is 27.6. The van der Waals surface area contributed by atoms with Gasteiger partial charge < -0.3 is 19.1 Å². The number of aromatic nitrogens is 5. The van der Waals surface area contributed by atoms with E-state index in [9.17, 15) is 4.39 Å². The van der Waals surface area contributed by atoms with E-state index in [0.717, 1.165) is 54.1 Å². The Balaban J connectivity index is 1.14. The van der Waals surface area contributed by atoms with E-state index in [1.165, 1.54) is 12.1 Å². The lowest BCUT2D eigenvalue weighted by Gasteiger charge is -2.35. The number of rotatable bonds is 5. The molecule has 4 aromatic rings. The molecule has 2 aliphatic heterocycles. The zero-order chi connectivity index (χ0) is 27.4. The molecule has 202 valence electrons. The lowest BCUT2D eigenvalue weighted by molar-refractivity contribution is 0.00578. The molecule has 39 heavy (non-hydrogen) atoms. The zero-order valence-electron chi connectivity index (χ0n) is 23.0. The van der Waals surface area contributed by atoms with E-state index < -0.39 is 18.3 Å². The van der Waals surface area contributed by atoms with Crippen LogP contribution < -0.4 is 15.3 Å². The van der Waals surface area contributed by atoms with E-state index in [4.69, 9.17) is 9.31 Å². The van der Waals surface area contributed by atoms with Gasteiger partial charge in [-0.2, -0.15) is 5.10 Å². The molecule has 6 rings (SSSR count). The minimum atomic E-state index is -0.452. The highest BCUT2D eigenvalue weighted by atomic mass is 19.1. The summed E-state index contributed by atoms with van der Waals surface area (Å²) >= 11 is 0. The van der Waals surface area contributed by atoms with Gasteiger partial charge in [-0.25, -0.2) is 23.9 Å². The van der Waals surface area contributed by atoms with Crippen molar-refractivity contribution in [1.82, 2.24) is 24.6 Å². The van der Waals surface area contributed by atoms with Crippen LogP contribution in [0.5, 0.6) is 0 Å². The van der Waals surface area contributed by atoms with Gasteiger partial charge in [-0.15, -0.1) is 0 Å². The van der Waals surface area contributed by atoms with Crippen LogP contribution in [0.2, 0.25) is 0 Å². The number of nitrogens with zero attached hydrogens (tertiary/aromatic N) is 7. The number of anilines is 2. The van der Waals surface area contributed by atoms with Crippen molar-refractivity contribution >= 4 is 29.9 Å². The molecule has 1 aromatic carbocycles. The molecule has 0 aliphatic carbocycles. The van der Waals surface area contributed by atoms with Crippen LogP contribution in [0.15, 0.2) is 55.2 Å². The summed E-state index contributed by atoms with van der Waals surface area (Å²) in [4.78, 5) is 18.4. The standard InChI is InChI=1S/C28H33BFN7O2/c1-19(20-6-8-23(30)9-7-20)21-15-31-26(32-16-21)36-12-10-35(11-13-36)25-24-14-22(17-37(24)34-18-33-25)29-38-27(2,3)28(4,5)39-29/h6-9,14-19H,10-13H2,1-5H3. The maximum atomic E-state index is 13.3. The van der Waals surface area contributed by atoms with Crippen molar-refractivity contribution in [2.24, 2.45) is 0 Å². The third-order valence-corrected chi connectivity index (χ3v) is 8.32. The molecule has 0 spiro atoms. The van der Waals surface area contributed by atoms with E-state index >= 15 is 0 Å². The molecule has 2 aliphatic rings. The van der Waals surface area contributed by atoms with Gasteiger partial charge >= 0.3 is 7.12 Å². The van der Waals surface area contributed by atoms with Crippen LogP contribution in [-0.4, -0.2) is 69.1 Å². The number of halogens is 1. The molecule has 5 heterocycles. The van der Waals surface area contributed by atoms with Gasteiger partial charge in [0.15, 0.2) is 5.82 Å². The summed E-state index contributed by atoms with van der Waals surface area (Å²) in [6.45, 7) is 13.4. The van der Waals surface area contributed by atoms with Crippen molar-refractivity contribution in [3.63, 3.8) is 0 Å². The Morgan fingerprint density at radius 1 is 0.872 bits per heavy atom. The van der Waals surface area contributed by atoms with Gasteiger partial charge in [0.1, 0.15) is 17.7 Å². The largest absolute Gasteiger partial charge is 0.496 e. The highest BCUT2D eigenvalue weighted by Crippen LogP contribution is 2.36. The highest BCUT2D eigenvalue weighted by molar-refractivity contribution is 6.62. The predicted octanol–water partition coefficient (Wildman–Crippen LogP) is 3.44. The molecule has 9 nitrogen and oxygen atoms in total. The second-order valence-corrected chi connectivity index (χ2v) is 11.3. The van der Waals surface area contributed by atoms with Crippen LogP contribution in [0, 0.1) is 5.82 Å². The van der Waals surface area contributed by atoms with E-state index in [1.807, 2.05) is 23.1 Å². The number of hydrogen-bond donors (Lipinski definition) is 0. The van der Waals surface area contributed by atoms with Gasteiger partial charge in [0.2, 0.25) is 5.95 Å². The second-order valence-electron chi connectivity index (χ2n) is 11.3. The van der Waals surface area contributed by atoms with Gasteiger partial charge in [0.05, 0.1) is 11.2 Å². The first kappa shape index (κ1) is 25.7. The van der Waals surface area contributed by atoms with Crippen LogP contribution in [0.4, 0.5) is 16.2 Å². The Bertz CT molecular complexity index is 1450. The summed E-state index contributed by atoms with van der Waals surface area (Å²) in [7, 11) is -0.452. The molecule has 0 bridgehead atoms. The lowest BCUT2D eigenvalue weighted by Crippen LogP contribution is -2.47. The fraction of sp³-hybridized carbons (Fsp3) is 0.429. The summed E-state index contributed by atoms with van der Waals surface area (Å²) in [6, 6.07) is 8.64. The first-order valence-electron chi connectivity index (χ1n) is 13.4. The number of benzene rings is 1. The van der Waals surface area contributed by atoms with E-state index in [0.29, 0.717) is 5.95 Å². The van der Waals surface area contributed by atoms with Crippen LogP contribution in [0.1, 0.15) is 51.7 Å². The molecule has 1 atom stereocenters. The Kier molecular flexibility index (Phi) is 6.30. The van der Waals surface area contributed by atoms with Crippen LogP contribution in [-0.2, 0) is 9.31 Å². The molecule has 2 fully saturated rings. The SMILES string of the molecule is CC(c1ccc(F)cc1)c1cnc(N2CCN(c3ncnn4cc(B5OC(C)(C)C(C)(C)O5)cc34)CC2)nc1. The first-order chi connectivity index (χ1) is 18.6. The van der Waals surface area contributed by atoms with E-state index in [1.54, 1.807) is 18.5 Å². The Labute approximate surface area is 228 Å². The molecular formula is C28H33BFN7O2. The van der Waals surface area contributed by atoms with Gasteiger partial charge in [-0.3, -0.25) is 0 Å². The summed E-state index contributed by atoms with van der Waals surface area (Å²) in [5, 5.41) is 4.43. The third kappa shape index (κ3) is 4.74. The summed E-state index contributed by atoms with van der Waals surface area (Å²) in [5.74, 6) is 1.45. The second kappa shape index (κ2) is 9.57. The zero-order valence-corrected chi connectivity index (χ0v) is 23.0. The maximum absolute atomic E-state index is 13.3. The molecule has 0 radical (unpaired) electrons. The highest BCUT2D eigenvalue weighted by Gasteiger charge is 2.52. The Morgan fingerprint density at radius 3 is 2.13 bits per heavy atom.